The van der Waals surface area contributed by atoms with E-state index < -0.39 is 0 Å². The van der Waals surface area contributed by atoms with Gasteiger partial charge in [-0.1, -0.05) is 40.0 Å². The second-order valence-corrected chi connectivity index (χ2v) is 7.46. The molecule has 1 aliphatic rings. The first-order valence-electron chi connectivity index (χ1n) is 8.97. The van der Waals surface area contributed by atoms with Crippen LogP contribution in [0.2, 0.25) is 0 Å². The van der Waals surface area contributed by atoms with Crippen molar-refractivity contribution >= 4 is 5.91 Å². The van der Waals surface area contributed by atoms with Crippen LogP contribution in [0.3, 0.4) is 0 Å². The SMILES string of the molecule is CC(C)CCN(C(=O)C(C)CCCC(C)N)C1CCCC1. The quantitative estimate of drug-likeness (QED) is 0.700. The fraction of sp³-hybridized carbons (Fsp3) is 0.944. The third-order valence-electron chi connectivity index (χ3n) is 4.71. The normalized spacial score (nSPS) is 19.0. The van der Waals surface area contributed by atoms with Crippen LogP contribution >= 0.6 is 0 Å². The van der Waals surface area contributed by atoms with Crippen molar-refractivity contribution in [2.75, 3.05) is 6.54 Å². The van der Waals surface area contributed by atoms with Gasteiger partial charge in [-0.15, -0.1) is 0 Å². The van der Waals surface area contributed by atoms with Crippen molar-refractivity contribution in [3.8, 4) is 0 Å². The molecule has 1 fully saturated rings. The van der Waals surface area contributed by atoms with E-state index >= 15 is 0 Å². The lowest BCUT2D eigenvalue weighted by atomic mass is 9.99. The van der Waals surface area contributed by atoms with E-state index in [4.69, 9.17) is 5.73 Å². The highest BCUT2D eigenvalue weighted by atomic mass is 16.2. The second-order valence-electron chi connectivity index (χ2n) is 7.46. The van der Waals surface area contributed by atoms with E-state index in [2.05, 4.69) is 25.7 Å². The summed E-state index contributed by atoms with van der Waals surface area (Å²) in [6, 6.07) is 0.756. The Morgan fingerprint density at radius 1 is 1.10 bits per heavy atom. The summed E-state index contributed by atoms with van der Waals surface area (Å²) in [6.45, 7) is 9.56. The summed E-state index contributed by atoms with van der Waals surface area (Å²) in [5, 5.41) is 0. The summed E-state index contributed by atoms with van der Waals surface area (Å²) in [5.74, 6) is 1.19. The molecule has 0 aromatic rings. The molecule has 1 rings (SSSR count). The van der Waals surface area contributed by atoms with Crippen molar-refractivity contribution < 1.29 is 4.79 Å². The fourth-order valence-corrected chi connectivity index (χ4v) is 3.24. The van der Waals surface area contributed by atoms with Crippen molar-refractivity contribution in [2.24, 2.45) is 17.6 Å². The number of amides is 1. The maximum absolute atomic E-state index is 12.8. The topological polar surface area (TPSA) is 46.3 Å². The molecule has 3 nitrogen and oxygen atoms in total. The Morgan fingerprint density at radius 2 is 1.71 bits per heavy atom. The third kappa shape index (κ3) is 6.82. The van der Waals surface area contributed by atoms with E-state index in [0.717, 1.165) is 32.2 Å². The summed E-state index contributed by atoms with van der Waals surface area (Å²) in [5.41, 5.74) is 5.80. The monoisotopic (exact) mass is 296 g/mol. The number of hydrogen-bond acceptors (Lipinski definition) is 2. The molecular weight excluding hydrogens is 260 g/mol. The van der Waals surface area contributed by atoms with Gasteiger partial charge in [0.05, 0.1) is 0 Å². The predicted octanol–water partition coefficient (Wildman–Crippen LogP) is 3.96. The van der Waals surface area contributed by atoms with Crippen LogP contribution in [0, 0.1) is 11.8 Å². The van der Waals surface area contributed by atoms with Crippen molar-refractivity contribution in [3.05, 3.63) is 0 Å². The molecule has 0 aromatic heterocycles. The first kappa shape index (κ1) is 18.5. The van der Waals surface area contributed by atoms with E-state index in [-0.39, 0.29) is 12.0 Å². The standard InChI is InChI=1S/C18H36N2O/c1-14(2)12-13-20(17-10-5-6-11-17)18(21)15(3)8-7-9-16(4)19/h14-17H,5-13,19H2,1-4H3. The van der Waals surface area contributed by atoms with Gasteiger partial charge < -0.3 is 10.6 Å². The van der Waals surface area contributed by atoms with Crippen LogP contribution in [0.5, 0.6) is 0 Å². The van der Waals surface area contributed by atoms with Crippen LogP contribution in [0.15, 0.2) is 0 Å². The molecule has 0 bridgehead atoms. The van der Waals surface area contributed by atoms with Gasteiger partial charge in [0.15, 0.2) is 0 Å². The zero-order valence-corrected chi connectivity index (χ0v) is 14.6. The summed E-state index contributed by atoms with van der Waals surface area (Å²) in [7, 11) is 0. The number of rotatable bonds is 9. The van der Waals surface area contributed by atoms with Crippen molar-refractivity contribution in [1.29, 1.82) is 0 Å². The number of carbonyl (C=O) groups is 1. The van der Waals surface area contributed by atoms with Crippen molar-refractivity contribution in [3.63, 3.8) is 0 Å². The molecule has 3 heteroatoms. The minimum Gasteiger partial charge on any atom is -0.339 e. The van der Waals surface area contributed by atoms with Gasteiger partial charge in [0, 0.05) is 24.5 Å². The van der Waals surface area contributed by atoms with Crippen LogP contribution in [0.1, 0.15) is 79.1 Å². The molecule has 1 amide bonds. The Labute approximate surface area is 131 Å². The van der Waals surface area contributed by atoms with E-state index in [1.165, 1.54) is 25.7 Å². The molecule has 124 valence electrons. The number of hydrogen-bond donors (Lipinski definition) is 1. The number of carbonyl (C=O) groups excluding carboxylic acids is 1. The molecule has 0 aromatic carbocycles. The number of nitrogens with zero attached hydrogens (tertiary/aromatic N) is 1. The van der Waals surface area contributed by atoms with Gasteiger partial charge in [-0.2, -0.15) is 0 Å². The summed E-state index contributed by atoms with van der Waals surface area (Å²) in [6.07, 6.45) is 9.16. The van der Waals surface area contributed by atoms with Gasteiger partial charge in [0.2, 0.25) is 5.91 Å². The van der Waals surface area contributed by atoms with Crippen LogP contribution < -0.4 is 5.73 Å². The lowest BCUT2D eigenvalue weighted by molar-refractivity contribution is -0.137. The van der Waals surface area contributed by atoms with E-state index in [1.54, 1.807) is 0 Å². The zero-order valence-electron chi connectivity index (χ0n) is 14.6. The van der Waals surface area contributed by atoms with E-state index in [0.29, 0.717) is 17.9 Å². The van der Waals surface area contributed by atoms with Gasteiger partial charge in [-0.05, 0) is 44.9 Å². The Kier molecular flexibility index (Phi) is 8.31. The molecule has 21 heavy (non-hydrogen) atoms. The van der Waals surface area contributed by atoms with Gasteiger partial charge in [-0.3, -0.25) is 4.79 Å². The molecule has 1 aliphatic carbocycles. The van der Waals surface area contributed by atoms with Crippen molar-refractivity contribution in [1.82, 2.24) is 4.90 Å². The van der Waals surface area contributed by atoms with E-state index in [1.807, 2.05) is 6.92 Å². The highest BCUT2D eigenvalue weighted by Crippen LogP contribution is 2.26. The first-order chi connectivity index (χ1) is 9.91. The second kappa shape index (κ2) is 9.45. The third-order valence-corrected chi connectivity index (χ3v) is 4.71. The molecule has 0 spiro atoms. The molecule has 0 heterocycles. The maximum Gasteiger partial charge on any atom is 0.225 e. The first-order valence-corrected chi connectivity index (χ1v) is 8.97. The smallest absolute Gasteiger partial charge is 0.225 e. The molecular formula is C18H36N2O. The minimum atomic E-state index is 0.150. The molecule has 2 atom stereocenters. The molecule has 0 aliphatic heterocycles. The lowest BCUT2D eigenvalue weighted by Gasteiger charge is -2.32. The maximum atomic E-state index is 12.8. The molecule has 2 N–H and O–H groups in total. The molecule has 0 radical (unpaired) electrons. The Morgan fingerprint density at radius 3 is 2.24 bits per heavy atom. The number of nitrogens with two attached hydrogens (primary N) is 1. The Hall–Kier alpha value is -0.570. The highest BCUT2D eigenvalue weighted by molar-refractivity contribution is 5.78. The average molecular weight is 296 g/mol. The van der Waals surface area contributed by atoms with Crippen molar-refractivity contribution in [2.45, 2.75) is 91.1 Å². The van der Waals surface area contributed by atoms with Crippen LogP contribution in [0.25, 0.3) is 0 Å². The summed E-state index contributed by atoms with van der Waals surface area (Å²) >= 11 is 0. The summed E-state index contributed by atoms with van der Waals surface area (Å²) < 4.78 is 0. The largest absolute Gasteiger partial charge is 0.339 e. The van der Waals surface area contributed by atoms with Gasteiger partial charge in [0.1, 0.15) is 0 Å². The lowest BCUT2D eigenvalue weighted by Crippen LogP contribution is -2.42. The van der Waals surface area contributed by atoms with Crippen LogP contribution in [-0.4, -0.2) is 29.4 Å². The van der Waals surface area contributed by atoms with Crippen LogP contribution in [0.4, 0.5) is 0 Å². The zero-order chi connectivity index (χ0) is 15.8. The average Bonchev–Trinajstić information content (AvgIpc) is 2.91. The highest BCUT2D eigenvalue weighted by Gasteiger charge is 2.29. The fourth-order valence-electron chi connectivity index (χ4n) is 3.24. The van der Waals surface area contributed by atoms with Gasteiger partial charge in [0.25, 0.3) is 0 Å². The molecule has 1 saturated carbocycles. The van der Waals surface area contributed by atoms with Gasteiger partial charge in [-0.25, -0.2) is 0 Å². The Balaban J connectivity index is 2.52. The minimum absolute atomic E-state index is 0.150. The molecule has 0 saturated heterocycles. The molecule has 2 unspecified atom stereocenters. The van der Waals surface area contributed by atoms with Crippen LogP contribution in [-0.2, 0) is 4.79 Å². The summed E-state index contributed by atoms with van der Waals surface area (Å²) in [4.78, 5) is 15.0. The Bertz CT molecular complexity index is 296. The van der Waals surface area contributed by atoms with E-state index in [9.17, 15) is 4.79 Å². The van der Waals surface area contributed by atoms with Gasteiger partial charge >= 0.3 is 0 Å². The predicted molar refractivity (Wildman–Crippen MR) is 90.1 cm³/mol.